The first kappa shape index (κ1) is 81.6. The average molecular weight is 1320 g/mol. The molecule has 2 saturated heterocycles. The Kier molecular flexibility index (Phi) is 30.9. The summed E-state index contributed by atoms with van der Waals surface area (Å²) in [7, 11) is 0. The first-order valence-corrected chi connectivity index (χ1v) is 28.6. The predicted octanol–water partition coefficient (Wildman–Crippen LogP) is 8.55. The molecule has 0 radical (unpaired) electrons. The molecule has 0 saturated carbocycles. The van der Waals surface area contributed by atoms with Gasteiger partial charge in [0.15, 0.2) is 0 Å². The van der Waals surface area contributed by atoms with Crippen LogP contribution in [0.3, 0.4) is 0 Å². The molecule has 2 fully saturated rings. The third-order valence-electron chi connectivity index (χ3n) is 15.0. The lowest BCUT2D eigenvalue weighted by molar-refractivity contribution is -0.164. The number of nitrogens with zero attached hydrogens (tertiary/aromatic N) is 1. The van der Waals surface area contributed by atoms with Gasteiger partial charge < -0.3 is 50.2 Å². The molecule has 0 bridgehead atoms. The number of ether oxygens (including phenoxy) is 4. The minimum atomic E-state index is -3.46. The molecule has 6 N–H and O–H groups in total. The SMILES string of the molecule is C.C.CC(=O)Oc1cc(C)cc(C(=O)N[C@@H](Cc2ccccc2)[C@H](OC(C)=O)C(=O)O)c1C.CCNC(=O)C1N(C(=O)[C@@H](OC(C)=O)[C@H](Cc2ccccc2)NC(=O)c2cc(C)cc(OC(C)=O)c2C)CC(F)(F)C1(C)C.CCNC(=O)C1NCC(F)(F)C1(C)C.Cl. The minimum Gasteiger partial charge on any atom is -0.478 e. The predicted molar refractivity (Wildman–Crippen MR) is 339 cm³/mol. The van der Waals surface area contributed by atoms with Gasteiger partial charge >= 0.3 is 29.8 Å². The van der Waals surface area contributed by atoms with Crippen LogP contribution < -0.4 is 36.1 Å². The van der Waals surface area contributed by atoms with E-state index >= 15 is 8.78 Å². The molecule has 0 aromatic heterocycles. The van der Waals surface area contributed by atoms with Crippen LogP contribution in [-0.2, 0) is 60.7 Å². The molecule has 2 unspecified atom stereocenters. The molecule has 0 spiro atoms. The van der Waals surface area contributed by atoms with Crippen LogP contribution in [0, 0.1) is 38.5 Å². The number of likely N-dealkylation sites (tertiary alicyclic amines) is 1. The van der Waals surface area contributed by atoms with E-state index in [1.54, 1.807) is 120 Å². The normalized spacial score (nSPS) is 17.2. The summed E-state index contributed by atoms with van der Waals surface area (Å²) in [6.45, 7) is 19.0. The lowest BCUT2D eigenvalue weighted by Crippen LogP contribution is -2.58. The van der Waals surface area contributed by atoms with Crippen LogP contribution in [0.4, 0.5) is 17.6 Å². The van der Waals surface area contributed by atoms with E-state index in [-0.39, 0.29) is 75.2 Å². The number of alkyl halides is 4. The maximum absolute atomic E-state index is 15.3. The highest BCUT2D eigenvalue weighted by Gasteiger charge is 2.65. The van der Waals surface area contributed by atoms with Gasteiger partial charge in [0.25, 0.3) is 29.6 Å². The van der Waals surface area contributed by atoms with Gasteiger partial charge in [0.1, 0.15) is 17.5 Å². The molecule has 2 aliphatic rings. The molecule has 2 aliphatic heterocycles. The highest BCUT2D eigenvalue weighted by atomic mass is 35.5. The molecule has 2 heterocycles. The van der Waals surface area contributed by atoms with Crippen molar-refractivity contribution in [2.24, 2.45) is 10.8 Å². The number of esters is 4. The van der Waals surface area contributed by atoms with E-state index in [1.807, 2.05) is 6.07 Å². The molecule has 6 atom stereocenters. The third kappa shape index (κ3) is 21.0. The van der Waals surface area contributed by atoms with Crippen LogP contribution in [0.25, 0.3) is 0 Å². The zero-order chi connectivity index (χ0) is 67.1. The number of aliphatic carboxylic acids is 1. The van der Waals surface area contributed by atoms with Gasteiger partial charge in [0.2, 0.25) is 24.0 Å². The van der Waals surface area contributed by atoms with E-state index in [9.17, 15) is 61.8 Å². The Labute approximate surface area is 541 Å². The number of benzene rings is 4. The quantitative estimate of drug-likeness (QED) is 0.0274. The summed E-state index contributed by atoms with van der Waals surface area (Å²) in [5.74, 6) is -13.5. The van der Waals surface area contributed by atoms with E-state index in [1.165, 1.54) is 41.5 Å². The number of likely N-dealkylation sites (N-methyl/N-ethyl adjacent to an activating group) is 2. The van der Waals surface area contributed by atoms with Gasteiger partial charge in [-0.1, -0.05) is 103 Å². The minimum absolute atomic E-state index is 0. The monoisotopic (exact) mass is 1320 g/mol. The van der Waals surface area contributed by atoms with Gasteiger partial charge in [0, 0.05) is 63.0 Å². The first-order chi connectivity index (χ1) is 41.4. The molecule has 92 heavy (non-hydrogen) atoms. The molecule has 4 aromatic carbocycles. The number of carbonyl (C=O) groups excluding carboxylic acids is 9. The van der Waals surface area contributed by atoms with E-state index in [4.69, 9.17) is 18.9 Å². The molecule has 4 aromatic rings. The van der Waals surface area contributed by atoms with E-state index in [2.05, 4.69) is 26.6 Å². The molecular weight excluding hydrogens is 1230 g/mol. The lowest BCUT2D eigenvalue weighted by atomic mass is 9.81. The van der Waals surface area contributed by atoms with E-state index in [0.717, 1.165) is 24.3 Å². The van der Waals surface area contributed by atoms with Crippen LogP contribution in [0.15, 0.2) is 84.9 Å². The van der Waals surface area contributed by atoms with Crippen LogP contribution in [0.1, 0.15) is 138 Å². The van der Waals surface area contributed by atoms with Crippen molar-refractivity contribution in [3.05, 3.63) is 129 Å². The van der Waals surface area contributed by atoms with Gasteiger partial charge in [-0.2, -0.15) is 0 Å². The Morgan fingerprint density at radius 1 is 0.587 bits per heavy atom. The van der Waals surface area contributed by atoms with Crippen LogP contribution in [0.2, 0.25) is 0 Å². The number of aryl methyl sites for hydroxylation is 2. The Hall–Kier alpha value is -8.45. The summed E-state index contributed by atoms with van der Waals surface area (Å²) in [6.07, 6.45) is -3.26. The number of carboxylic acids is 1. The number of amides is 5. The van der Waals surface area contributed by atoms with Crippen LogP contribution >= 0.6 is 12.4 Å². The van der Waals surface area contributed by atoms with E-state index in [0.29, 0.717) is 34.4 Å². The summed E-state index contributed by atoms with van der Waals surface area (Å²) >= 11 is 0. The Bertz CT molecular complexity index is 3260. The van der Waals surface area contributed by atoms with Crippen molar-refractivity contribution < 1.29 is 89.6 Å². The van der Waals surface area contributed by atoms with Crippen LogP contribution in [-0.4, -0.2) is 144 Å². The molecule has 6 rings (SSSR count). The summed E-state index contributed by atoms with van der Waals surface area (Å²) < 4.78 is 78.2. The van der Waals surface area contributed by atoms with Gasteiger partial charge in [-0.05, 0) is 101 Å². The Morgan fingerprint density at radius 2 is 0.978 bits per heavy atom. The summed E-state index contributed by atoms with van der Waals surface area (Å²) in [6, 6.07) is 19.4. The van der Waals surface area contributed by atoms with Crippen molar-refractivity contribution in [2.45, 2.75) is 173 Å². The molecule has 5 amide bonds. The van der Waals surface area contributed by atoms with Crippen molar-refractivity contribution >= 4 is 71.8 Å². The smallest absolute Gasteiger partial charge is 0.347 e. The molecule has 508 valence electrons. The highest BCUT2D eigenvalue weighted by Crippen LogP contribution is 2.48. The number of nitrogens with one attached hydrogen (secondary N) is 5. The number of carboxylic acid groups (broad SMARTS) is 1. The topological polar surface area (TPSA) is 291 Å². The van der Waals surface area contributed by atoms with Gasteiger partial charge in [-0.3, -0.25) is 48.5 Å². The maximum Gasteiger partial charge on any atom is 0.347 e. The number of halogens is 5. The standard InChI is InChI=1S/C32H39F2N3O7.C23H25NO7.C9H16F2N2O.2CH4.ClH/c1-8-35-29(41)27-31(6,7)32(33,34)17-37(27)30(42)26(44-21(5)39)24(16-22-12-10-9-11-13-22)36-28(40)23-14-18(2)15-25(19(23)3)43-20(4)38;1-13-10-18(14(2)20(11-13)30-15(3)25)22(27)24-19(12-17-8-6-5-7-9-17)21(23(28)29)31-16(4)26;1-4-12-7(14)6-8(2,3)9(10,11)5-13-6;;;/h9-15,24,26-27H,8,16-17H2,1-7H3,(H,35,41)(H,36,40);5-11,19,21H,12H2,1-4H3,(H,24,27)(H,28,29);6,13H,4-5H2,1-3H3,(H,12,14);2*1H4;1H/t24-,26-,27?;19-,21-;;;;/m00..../s1. The first-order valence-electron chi connectivity index (χ1n) is 28.6. The Balaban J connectivity index is 0.000000765. The zero-order valence-corrected chi connectivity index (χ0v) is 53.6. The lowest BCUT2D eigenvalue weighted by Gasteiger charge is -2.35. The van der Waals surface area contributed by atoms with Gasteiger partial charge in [-0.15, -0.1) is 12.4 Å². The number of rotatable bonds is 20. The maximum atomic E-state index is 15.3. The molecule has 0 aliphatic carbocycles. The average Bonchev–Trinajstić information content (AvgIpc) is 1.59. The second-order valence-corrected chi connectivity index (χ2v) is 22.8. The second kappa shape index (κ2) is 34.8. The molecular formula is C66H89ClF4N6O15. The van der Waals surface area contributed by atoms with Crippen LogP contribution in [0.5, 0.6) is 11.5 Å². The summed E-state index contributed by atoms with van der Waals surface area (Å²) in [4.78, 5) is 125. The molecule has 21 nitrogen and oxygen atoms in total. The number of carbonyl (C=O) groups is 10. The fraction of sp³-hybridized carbons (Fsp3) is 0.485. The summed E-state index contributed by atoms with van der Waals surface area (Å²) in [5.41, 5.74) is 0.536. The fourth-order valence-corrected chi connectivity index (χ4v) is 10.1. The van der Waals surface area contributed by atoms with Gasteiger partial charge in [-0.25, -0.2) is 22.4 Å². The summed E-state index contributed by atoms with van der Waals surface area (Å²) in [5, 5.41) is 22.7. The van der Waals surface area contributed by atoms with Crippen molar-refractivity contribution in [3.8, 4) is 11.5 Å². The van der Waals surface area contributed by atoms with Crippen molar-refractivity contribution in [1.82, 2.24) is 31.5 Å². The fourth-order valence-electron chi connectivity index (χ4n) is 10.1. The van der Waals surface area contributed by atoms with Gasteiger partial charge in [0.05, 0.1) is 42.0 Å². The van der Waals surface area contributed by atoms with Crippen molar-refractivity contribution in [3.63, 3.8) is 0 Å². The van der Waals surface area contributed by atoms with Crippen molar-refractivity contribution in [1.29, 1.82) is 0 Å². The molecule has 26 heteroatoms. The Morgan fingerprint density at radius 3 is 1.34 bits per heavy atom. The highest BCUT2D eigenvalue weighted by molar-refractivity contribution is 5.99. The third-order valence-corrected chi connectivity index (χ3v) is 15.0. The number of hydrogen-bond donors (Lipinski definition) is 6. The largest absolute Gasteiger partial charge is 0.478 e. The van der Waals surface area contributed by atoms with Crippen molar-refractivity contribution in [2.75, 3.05) is 26.2 Å². The van der Waals surface area contributed by atoms with E-state index < -0.39 is 126 Å². The number of hydrogen-bond acceptors (Lipinski definition) is 15. The zero-order valence-electron chi connectivity index (χ0n) is 52.8. The second-order valence-electron chi connectivity index (χ2n) is 22.8.